The predicted molar refractivity (Wildman–Crippen MR) is 119 cm³/mol. The van der Waals surface area contributed by atoms with E-state index >= 15 is 0 Å². The zero-order valence-corrected chi connectivity index (χ0v) is 17.7. The van der Waals surface area contributed by atoms with Crippen molar-refractivity contribution >= 4 is 38.4 Å². The van der Waals surface area contributed by atoms with Crippen molar-refractivity contribution in [3.05, 3.63) is 65.2 Å². The molecule has 0 aliphatic carbocycles. The van der Waals surface area contributed by atoms with Gasteiger partial charge in [0.05, 0.1) is 17.5 Å². The van der Waals surface area contributed by atoms with Gasteiger partial charge in [0, 0.05) is 23.0 Å². The lowest BCUT2D eigenvalue weighted by Crippen LogP contribution is -2.25. The highest BCUT2D eigenvalue weighted by Crippen LogP contribution is 2.34. The third-order valence-electron chi connectivity index (χ3n) is 5.04. The first-order valence-corrected chi connectivity index (χ1v) is 12.2. The summed E-state index contributed by atoms with van der Waals surface area (Å²) in [5.74, 6) is 0.229. The highest BCUT2D eigenvalue weighted by Gasteiger charge is 2.42. The average Bonchev–Trinajstić information content (AvgIpc) is 3.16. The number of carbonyl (C=O) groups is 1. The van der Waals surface area contributed by atoms with E-state index in [1.807, 2.05) is 12.1 Å². The molecule has 152 valence electrons. The Balaban J connectivity index is 1.28. The molecule has 0 spiro atoms. The molecule has 0 aromatic heterocycles. The van der Waals surface area contributed by atoms with E-state index in [0.29, 0.717) is 12.1 Å². The molecule has 2 heterocycles. The number of amides is 1. The SMILES string of the molecule is Cc1ccc(CCNC(=O)c2ccc(NC3=N[C@H]4CS(=O)(=O)C[C@@H]4S3)cc2)cc1. The zero-order valence-electron chi connectivity index (χ0n) is 16.1. The van der Waals surface area contributed by atoms with Crippen LogP contribution < -0.4 is 10.6 Å². The number of anilines is 1. The smallest absolute Gasteiger partial charge is 0.251 e. The van der Waals surface area contributed by atoms with Crippen LogP contribution in [0.1, 0.15) is 21.5 Å². The van der Waals surface area contributed by atoms with E-state index in [1.54, 1.807) is 12.1 Å². The van der Waals surface area contributed by atoms with Gasteiger partial charge in [-0.3, -0.25) is 9.79 Å². The summed E-state index contributed by atoms with van der Waals surface area (Å²) in [6, 6.07) is 15.4. The van der Waals surface area contributed by atoms with Crippen molar-refractivity contribution in [2.75, 3.05) is 23.4 Å². The number of rotatable bonds is 5. The van der Waals surface area contributed by atoms with Gasteiger partial charge in [-0.25, -0.2) is 8.42 Å². The molecule has 8 heteroatoms. The van der Waals surface area contributed by atoms with Crippen LogP contribution in [0.4, 0.5) is 5.69 Å². The number of thioether (sulfide) groups is 1. The maximum absolute atomic E-state index is 12.3. The quantitative estimate of drug-likeness (QED) is 0.763. The lowest BCUT2D eigenvalue weighted by molar-refractivity contribution is 0.0954. The number of hydrogen-bond acceptors (Lipinski definition) is 6. The summed E-state index contributed by atoms with van der Waals surface area (Å²) < 4.78 is 23.3. The summed E-state index contributed by atoms with van der Waals surface area (Å²) >= 11 is 1.48. The molecular weight excluding hydrogens is 406 g/mol. The Hall–Kier alpha value is -2.32. The number of amidine groups is 1. The van der Waals surface area contributed by atoms with Gasteiger partial charge in [-0.1, -0.05) is 41.6 Å². The van der Waals surface area contributed by atoms with E-state index in [2.05, 4.69) is 46.8 Å². The molecule has 2 atom stereocenters. The number of nitrogens with zero attached hydrogens (tertiary/aromatic N) is 1. The first kappa shape index (κ1) is 20.0. The van der Waals surface area contributed by atoms with Crippen LogP contribution >= 0.6 is 11.8 Å². The average molecular weight is 430 g/mol. The van der Waals surface area contributed by atoms with Crippen molar-refractivity contribution < 1.29 is 13.2 Å². The Morgan fingerprint density at radius 3 is 2.52 bits per heavy atom. The van der Waals surface area contributed by atoms with Crippen LogP contribution in [0.3, 0.4) is 0 Å². The van der Waals surface area contributed by atoms with Crippen LogP contribution in [0, 0.1) is 6.92 Å². The maximum atomic E-state index is 12.3. The van der Waals surface area contributed by atoms with E-state index in [9.17, 15) is 13.2 Å². The van der Waals surface area contributed by atoms with Crippen LogP contribution in [0.2, 0.25) is 0 Å². The molecule has 2 aromatic carbocycles. The third-order valence-corrected chi connectivity index (χ3v) is 8.18. The van der Waals surface area contributed by atoms with Gasteiger partial charge >= 0.3 is 0 Å². The largest absolute Gasteiger partial charge is 0.352 e. The number of hydrogen-bond donors (Lipinski definition) is 2. The minimum atomic E-state index is -2.94. The van der Waals surface area contributed by atoms with Gasteiger partial charge in [0.2, 0.25) is 0 Å². The molecule has 0 unspecified atom stereocenters. The van der Waals surface area contributed by atoms with Gasteiger partial charge in [-0.15, -0.1) is 0 Å². The lowest BCUT2D eigenvalue weighted by Gasteiger charge is -2.09. The van der Waals surface area contributed by atoms with E-state index in [-0.39, 0.29) is 28.7 Å². The topological polar surface area (TPSA) is 87.6 Å². The second-order valence-corrected chi connectivity index (χ2v) is 10.8. The molecule has 0 bridgehead atoms. The van der Waals surface area contributed by atoms with Crippen molar-refractivity contribution in [1.29, 1.82) is 0 Å². The molecule has 1 saturated heterocycles. The van der Waals surface area contributed by atoms with E-state index in [0.717, 1.165) is 17.3 Å². The molecule has 29 heavy (non-hydrogen) atoms. The number of nitrogens with one attached hydrogen (secondary N) is 2. The monoisotopic (exact) mass is 429 g/mol. The predicted octanol–water partition coefficient (Wildman–Crippen LogP) is 2.65. The van der Waals surface area contributed by atoms with Crippen LogP contribution in [0.15, 0.2) is 53.5 Å². The van der Waals surface area contributed by atoms with Crippen LogP contribution in [-0.2, 0) is 16.3 Å². The molecular formula is C21H23N3O3S2. The van der Waals surface area contributed by atoms with E-state index < -0.39 is 9.84 Å². The molecule has 4 rings (SSSR count). The first-order valence-electron chi connectivity index (χ1n) is 9.54. The van der Waals surface area contributed by atoms with Crippen LogP contribution in [-0.4, -0.2) is 48.8 Å². The molecule has 1 amide bonds. The standard InChI is InChI=1S/C21H23N3O3S2/c1-14-2-4-15(5-3-14)10-11-22-20(25)16-6-8-17(9-7-16)23-21-24-18-12-29(26,27)13-19(18)28-21/h2-9,18-19H,10-13H2,1H3,(H,22,25)(H,23,24)/t18-,19-/m0/s1. The minimum Gasteiger partial charge on any atom is -0.352 e. The Bertz CT molecular complexity index is 1030. The highest BCUT2D eigenvalue weighted by molar-refractivity contribution is 8.15. The zero-order chi connectivity index (χ0) is 20.4. The molecule has 2 aliphatic heterocycles. The van der Waals surface area contributed by atoms with Crippen molar-refractivity contribution in [1.82, 2.24) is 5.32 Å². The summed E-state index contributed by atoms with van der Waals surface area (Å²) in [6.45, 7) is 2.64. The number of benzene rings is 2. The number of aliphatic imine (C=N–C) groups is 1. The van der Waals surface area contributed by atoms with Gasteiger partial charge in [0.15, 0.2) is 15.0 Å². The Labute approximate surface area is 175 Å². The van der Waals surface area contributed by atoms with Crippen molar-refractivity contribution in [2.45, 2.75) is 24.6 Å². The summed E-state index contributed by atoms with van der Waals surface area (Å²) in [6.07, 6.45) is 0.792. The fraction of sp³-hybridized carbons (Fsp3) is 0.333. The van der Waals surface area contributed by atoms with E-state index in [4.69, 9.17) is 0 Å². The first-order chi connectivity index (χ1) is 13.9. The molecule has 6 nitrogen and oxygen atoms in total. The summed E-state index contributed by atoms with van der Waals surface area (Å²) in [5, 5.41) is 6.92. The Morgan fingerprint density at radius 1 is 1.10 bits per heavy atom. The van der Waals surface area contributed by atoms with Gasteiger partial charge in [0.1, 0.15) is 0 Å². The van der Waals surface area contributed by atoms with Gasteiger partial charge in [-0.2, -0.15) is 0 Å². The van der Waals surface area contributed by atoms with Gasteiger partial charge in [0.25, 0.3) is 5.91 Å². The number of sulfone groups is 1. The molecule has 2 N–H and O–H groups in total. The summed E-state index contributed by atoms with van der Waals surface area (Å²) in [7, 11) is -2.94. The minimum absolute atomic E-state index is 0.0149. The highest BCUT2D eigenvalue weighted by atomic mass is 32.2. The molecule has 2 aromatic rings. The summed E-state index contributed by atoms with van der Waals surface area (Å²) in [4.78, 5) is 16.8. The number of carbonyl (C=O) groups excluding carboxylic acids is 1. The van der Waals surface area contributed by atoms with Crippen LogP contribution in [0.25, 0.3) is 0 Å². The molecule has 0 saturated carbocycles. The fourth-order valence-corrected chi connectivity index (χ4v) is 7.10. The molecule has 1 fully saturated rings. The number of aryl methyl sites for hydroxylation is 1. The Morgan fingerprint density at radius 2 is 1.83 bits per heavy atom. The van der Waals surface area contributed by atoms with Crippen LogP contribution in [0.5, 0.6) is 0 Å². The lowest BCUT2D eigenvalue weighted by atomic mass is 10.1. The second kappa shape index (κ2) is 8.20. The maximum Gasteiger partial charge on any atom is 0.251 e. The van der Waals surface area contributed by atoms with Gasteiger partial charge < -0.3 is 10.6 Å². The molecule has 0 radical (unpaired) electrons. The third kappa shape index (κ3) is 5.00. The summed E-state index contributed by atoms with van der Waals surface area (Å²) in [5.41, 5.74) is 3.85. The molecule has 2 aliphatic rings. The van der Waals surface area contributed by atoms with Crippen molar-refractivity contribution in [3.63, 3.8) is 0 Å². The second-order valence-electron chi connectivity index (χ2n) is 7.43. The number of fused-ring (bicyclic) bond motifs is 1. The van der Waals surface area contributed by atoms with Crippen molar-refractivity contribution in [2.24, 2.45) is 4.99 Å². The normalized spacial score (nSPS) is 22.0. The Kier molecular flexibility index (Phi) is 5.65. The van der Waals surface area contributed by atoms with Gasteiger partial charge in [-0.05, 0) is 43.2 Å². The van der Waals surface area contributed by atoms with Crippen molar-refractivity contribution in [3.8, 4) is 0 Å². The van der Waals surface area contributed by atoms with E-state index in [1.165, 1.54) is 22.9 Å². The fourth-order valence-electron chi connectivity index (χ4n) is 3.42.